The van der Waals surface area contributed by atoms with Gasteiger partial charge in [-0.05, 0) is 35.2 Å². The molecule has 1 unspecified atom stereocenters. The molecule has 1 heterocycles. The third-order valence-corrected chi connectivity index (χ3v) is 4.59. The van der Waals surface area contributed by atoms with Crippen LogP contribution in [-0.4, -0.2) is 5.16 Å². The first kappa shape index (κ1) is 12.7. The van der Waals surface area contributed by atoms with Gasteiger partial charge in [-0.15, -0.1) is 0 Å². The Kier molecular flexibility index (Phi) is 2.86. The molecule has 1 atom stereocenters. The van der Waals surface area contributed by atoms with Crippen LogP contribution in [0, 0.1) is 0 Å². The van der Waals surface area contributed by atoms with Crippen LogP contribution in [0.15, 0.2) is 57.5 Å². The van der Waals surface area contributed by atoms with Gasteiger partial charge >= 0.3 is 0 Å². The Morgan fingerprint density at radius 2 is 1.86 bits per heavy atom. The smallest absolute Gasteiger partial charge is 0.230 e. The molecule has 3 aromatic rings. The fourth-order valence-corrected chi connectivity index (χ4v) is 3.23. The van der Waals surface area contributed by atoms with E-state index in [0.29, 0.717) is 5.88 Å². The number of nitrogens with zero attached hydrogens (tertiary/aromatic N) is 1. The molecule has 2 aromatic carbocycles. The number of hydrogen-bond acceptors (Lipinski definition) is 3. The zero-order valence-electron chi connectivity index (χ0n) is 11.2. The van der Waals surface area contributed by atoms with Crippen LogP contribution in [-0.2, 0) is 6.42 Å². The summed E-state index contributed by atoms with van der Waals surface area (Å²) in [4.78, 5) is 0. The first-order valence-electron chi connectivity index (χ1n) is 6.83. The molecular weight excluding hydrogens is 328 g/mol. The molecule has 4 heteroatoms. The van der Waals surface area contributed by atoms with Crippen LogP contribution in [0.5, 0.6) is 0 Å². The number of halogens is 1. The van der Waals surface area contributed by atoms with Gasteiger partial charge in [-0.2, -0.15) is 0 Å². The maximum Gasteiger partial charge on any atom is 0.230 e. The fourth-order valence-electron chi connectivity index (χ4n) is 2.96. The van der Waals surface area contributed by atoms with Gasteiger partial charge in [0.2, 0.25) is 5.88 Å². The van der Waals surface area contributed by atoms with Crippen LogP contribution in [0.25, 0.3) is 11.1 Å². The van der Waals surface area contributed by atoms with Crippen LogP contribution in [0.3, 0.4) is 0 Å². The van der Waals surface area contributed by atoms with Crippen LogP contribution >= 0.6 is 15.9 Å². The molecule has 0 saturated carbocycles. The summed E-state index contributed by atoms with van der Waals surface area (Å²) in [5, 5.41) is 4.22. The van der Waals surface area contributed by atoms with E-state index in [-0.39, 0.29) is 5.92 Å². The summed E-state index contributed by atoms with van der Waals surface area (Å²) in [6.45, 7) is 0. The number of rotatable bonds is 2. The summed E-state index contributed by atoms with van der Waals surface area (Å²) in [5.41, 5.74) is 11.6. The largest absolute Gasteiger partial charge is 0.367 e. The second-order valence-electron chi connectivity index (χ2n) is 5.27. The number of aromatic nitrogens is 1. The SMILES string of the molecule is Nc1onc(C2Cc3ccccc32)c1-c1ccc(Br)cc1. The van der Waals surface area contributed by atoms with Crippen molar-refractivity contribution in [1.82, 2.24) is 5.16 Å². The number of fused-ring (bicyclic) bond motifs is 1. The third-order valence-electron chi connectivity index (χ3n) is 4.06. The standard InChI is InChI=1S/C17H13BrN2O/c18-12-7-5-10(6-8-12)15-16(20-21-17(15)19)14-9-11-3-1-2-4-13(11)14/h1-8,14H,9,19H2. The molecule has 0 fully saturated rings. The van der Waals surface area contributed by atoms with Gasteiger partial charge in [0.25, 0.3) is 0 Å². The van der Waals surface area contributed by atoms with Crippen LogP contribution in [0.1, 0.15) is 22.7 Å². The van der Waals surface area contributed by atoms with Crippen molar-refractivity contribution in [2.75, 3.05) is 5.73 Å². The minimum absolute atomic E-state index is 0.279. The third kappa shape index (κ3) is 1.98. The Hall–Kier alpha value is -2.07. The van der Waals surface area contributed by atoms with E-state index in [1.807, 2.05) is 24.3 Å². The highest BCUT2D eigenvalue weighted by molar-refractivity contribution is 9.10. The average Bonchev–Trinajstić information content (AvgIpc) is 2.83. The van der Waals surface area contributed by atoms with Crippen molar-refractivity contribution in [3.8, 4) is 11.1 Å². The minimum atomic E-state index is 0.279. The van der Waals surface area contributed by atoms with Crippen molar-refractivity contribution in [2.24, 2.45) is 0 Å². The zero-order chi connectivity index (χ0) is 14.4. The maximum atomic E-state index is 6.01. The van der Waals surface area contributed by atoms with E-state index in [9.17, 15) is 0 Å². The Balaban J connectivity index is 1.81. The molecule has 21 heavy (non-hydrogen) atoms. The average molecular weight is 341 g/mol. The summed E-state index contributed by atoms with van der Waals surface area (Å²) in [6.07, 6.45) is 0.992. The van der Waals surface area contributed by atoms with E-state index < -0.39 is 0 Å². The molecule has 4 rings (SSSR count). The van der Waals surface area contributed by atoms with E-state index in [1.54, 1.807) is 0 Å². The molecule has 1 aromatic heterocycles. The van der Waals surface area contributed by atoms with E-state index in [0.717, 1.165) is 27.7 Å². The van der Waals surface area contributed by atoms with Gasteiger partial charge in [-0.1, -0.05) is 57.5 Å². The quantitative estimate of drug-likeness (QED) is 0.753. The molecule has 0 spiro atoms. The Morgan fingerprint density at radius 3 is 2.62 bits per heavy atom. The Morgan fingerprint density at radius 1 is 1.10 bits per heavy atom. The second kappa shape index (κ2) is 4.74. The number of benzene rings is 2. The number of nitrogens with two attached hydrogens (primary N) is 1. The van der Waals surface area contributed by atoms with Crippen molar-refractivity contribution in [2.45, 2.75) is 12.3 Å². The monoisotopic (exact) mass is 340 g/mol. The molecule has 0 amide bonds. The molecule has 0 bridgehead atoms. The lowest BCUT2D eigenvalue weighted by Crippen LogP contribution is -2.18. The Bertz CT molecular complexity index is 808. The van der Waals surface area contributed by atoms with Crippen molar-refractivity contribution in [3.05, 3.63) is 69.8 Å². The molecular formula is C17H13BrN2O. The van der Waals surface area contributed by atoms with Gasteiger partial charge in [0, 0.05) is 10.4 Å². The Labute approximate surface area is 130 Å². The van der Waals surface area contributed by atoms with Crippen molar-refractivity contribution >= 4 is 21.8 Å². The highest BCUT2D eigenvalue weighted by Gasteiger charge is 2.33. The number of hydrogen-bond donors (Lipinski definition) is 1. The molecule has 0 saturated heterocycles. The predicted molar refractivity (Wildman–Crippen MR) is 86.0 cm³/mol. The topological polar surface area (TPSA) is 52.0 Å². The van der Waals surface area contributed by atoms with Crippen molar-refractivity contribution in [1.29, 1.82) is 0 Å². The summed E-state index contributed by atoms with van der Waals surface area (Å²) >= 11 is 3.45. The van der Waals surface area contributed by atoms with Gasteiger partial charge in [-0.25, -0.2) is 0 Å². The zero-order valence-corrected chi connectivity index (χ0v) is 12.8. The van der Waals surface area contributed by atoms with Crippen molar-refractivity contribution < 1.29 is 4.52 Å². The van der Waals surface area contributed by atoms with E-state index >= 15 is 0 Å². The fraction of sp³-hybridized carbons (Fsp3) is 0.118. The van der Waals surface area contributed by atoms with Gasteiger partial charge in [0.05, 0.1) is 5.56 Å². The lowest BCUT2D eigenvalue weighted by Gasteiger charge is -2.29. The normalized spacial score (nSPS) is 16.3. The lowest BCUT2D eigenvalue weighted by atomic mass is 9.74. The first-order valence-corrected chi connectivity index (χ1v) is 7.62. The van der Waals surface area contributed by atoms with E-state index in [1.165, 1.54) is 11.1 Å². The number of nitrogen functional groups attached to an aromatic ring is 1. The van der Waals surface area contributed by atoms with Gasteiger partial charge in [0.15, 0.2) is 0 Å². The van der Waals surface area contributed by atoms with Gasteiger partial charge < -0.3 is 10.3 Å². The molecule has 0 radical (unpaired) electrons. The molecule has 1 aliphatic rings. The molecule has 3 nitrogen and oxygen atoms in total. The summed E-state index contributed by atoms with van der Waals surface area (Å²) in [5.74, 6) is 0.664. The summed E-state index contributed by atoms with van der Waals surface area (Å²) in [6, 6.07) is 16.5. The van der Waals surface area contributed by atoms with Crippen LogP contribution in [0.2, 0.25) is 0 Å². The van der Waals surface area contributed by atoms with Crippen molar-refractivity contribution in [3.63, 3.8) is 0 Å². The van der Waals surface area contributed by atoms with E-state index in [2.05, 4.69) is 45.4 Å². The van der Waals surface area contributed by atoms with Gasteiger partial charge in [-0.3, -0.25) is 0 Å². The summed E-state index contributed by atoms with van der Waals surface area (Å²) in [7, 11) is 0. The minimum Gasteiger partial charge on any atom is -0.367 e. The lowest BCUT2D eigenvalue weighted by molar-refractivity contribution is 0.420. The van der Waals surface area contributed by atoms with E-state index in [4.69, 9.17) is 10.3 Å². The maximum absolute atomic E-state index is 6.01. The highest BCUT2D eigenvalue weighted by atomic mass is 79.9. The molecule has 1 aliphatic carbocycles. The van der Waals surface area contributed by atoms with Crippen LogP contribution < -0.4 is 5.73 Å². The number of anilines is 1. The van der Waals surface area contributed by atoms with Crippen LogP contribution in [0.4, 0.5) is 5.88 Å². The predicted octanol–water partition coefficient (Wildman–Crippen LogP) is 4.37. The molecule has 0 aliphatic heterocycles. The molecule has 2 N–H and O–H groups in total. The highest BCUT2D eigenvalue weighted by Crippen LogP contribution is 2.44. The summed E-state index contributed by atoms with van der Waals surface area (Å²) < 4.78 is 6.31. The second-order valence-corrected chi connectivity index (χ2v) is 6.19. The van der Waals surface area contributed by atoms with Gasteiger partial charge in [0.1, 0.15) is 5.69 Å². The first-order chi connectivity index (χ1) is 10.2. The molecule has 104 valence electrons.